The van der Waals surface area contributed by atoms with Crippen LogP contribution in [0.3, 0.4) is 0 Å². The summed E-state index contributed by atoms with van der Waals surface area (Å²) in [7, 11) is -0.384. The van der Waals surface area contributed by atoms with Crippen molar-refractivity contribution < 1.29 is 17.6 Å². The molecule has 0 unspecified atom stereocenters. The van der Waals surface area contributed by atoms with Crippen LogP contribution in [-0.4, -0.2) is 22.6 Å². The molecule has 0 atom stereocenters. The van der Waals surface area contributed by atoms with Gasteiger partial charge in [0, 0.05) is 12.1 Å². The summed E-state index contributed by atoms with van der Waals surface area (Å²) < 4.78 is 38.8. The number of sulfonamides is 1. The molecule has 2 aromatic carbocycles. The SMILES string of the molecule is CNCc1ccc(-c2ccco2)c(NS(=O)(=O)c2ccc(OC)cc2)c1. The lowest BCUT2D eigenvalue weighted by atomic mass is 10.1. The monoisotopic (exact) mass is 372 g/mol. The van der Waals surface area contributed by atoms with Crippen LogP contribution in [0.15, 0.2) is 70.2 Å². The third-order valence-corrected chi connectivity index (χ3v) is 5.25. The Morgan fingerprint density at radius 2 is 1.85 bits per heavy atom. The zero-order valence-electron chi connectivity index (χ0n) is 14.5. The van der Waals surface area contributed by atoms with Gasteiger partial charge in [-0.1, -0.05) is 6.07 Å². The minimum absolute atomic E-state index is 0.155. The van der Waals surface area contributed by atoms with E-state index in [2.05, 4.69) is 10.0 Å². The number of benzene rings is 2. The summed E-state index contributed by atoms with van der Waals surface area (Å²) in [5, 5.41) is 3.06. The van der Waals surface area contributed by atoms with Gasteiger partial charge >= 0.3 is 0 Å². The Morgan fingerprint density at radius 1 is 1.08 bits per heavy atom. The standard InChI is InChI=1S/C19H20N2O4S/c1-20-13-14-5-10-17(19-4-3-11-25-19)18(12-14)21-26(22,23)16-8-6-15(24-2)7-9-16/h3-12,20-21H,13H2,1-2H3. The number of nitrogens with one attached hydrogen (secondary N) is 2. The summed E-state index contributed by atoms with van der Waals surface area (Å²) in [6.45, 7) is 0.621. The minimum Gasteiger partial charge on any atom is -0.497 e. The van der Waals surface area contributed by atoms with E-state index in [1.807, 2.05) is 19.2 Å². The predicted octanol–water partition coefficient (Wildman–Crippen LogP) is 3.48. The first-order chi connectivity index (χ1) is 12.5. The molecule has 0 aliphatic carbocycles. The van der Waals surface area contributed by atoms with Gasteiger partial charge in [-0.25, -0.2) is 8.42 Å². The molecule has 0 bridgehead atoms. The lowest BCUT2D eigenvalue weighted by molar-refractivity contribution is 0.414. The second kappa shape index (κ2) is 7.63. The summed E-state index contributed by atoms with van der Waals surface area (Å²) in [6.07, 6.45) is 1.55. The topological polar surface area (TPSA) is 80.6 Å². The van der Waals surface area contributed by atoms with Crippen molar-refractivity contribution in [1.29, 1.82) is 0 Å². The molecule has 1 aromatic heterocycles. The van der Waals surface area contributed by atoms with Crippen LogP contribution in [0, 0.1) is 0 Å². The van der Waals surface area contributed by atoms with Gasteiger partial charge in [-0.05, 0) is 61.1 Å². The number of anilines is 1. The molecule has 0 fully saturated rings. The largest absolute Gasteiger partial charge is 0.497 e. The molecule has 0 saturated heterocycles. The van der Waals surface area contributed by atoms with E-state index in [9.17, 15) is 8.42 Å². The maximum atomic E-state index is 12.8. The lowest BCUT2D eigenvalue weighted by Crippen LogP contribution is -2.14. The van der Waals surface area contributed by atoms with Crippen LogP contribution in [0.2, 0.25) is 0 Å². The smallest absolute Gasteiger partial charge is 0.261 e. The molecule has 136 valence electrons. The molecule has 3 aromatic rings. The van der Waals surface area contributed by atoms with Gasteiger partial charge < -0.3 is 14.5 Å². The van der Waals surface area contributed by atoms with Gasteiger partial charge in [0.15, 0.2) is 0 Å². The van der Waals surface area contributed by atoms with Crippen molar-refractivity contribution in [3.05, 3.63) is 66.4 Å². The zero-order chi connectivity index (χ0) is 18.6. The van der Waals surface area contributed by atoms with E-state index in [4.69, 9.17) is 9.15 Å². The third-order valence-electron chi connectivity index (χ3n) is 3.87. The van der Waals surface area contributed by atoms with Gasteiger partial charge in [0.05, 0.1) is 24.0 Å². The summed E-state index contributed by atoms with van der Waals surface area (Å²) in [5.41, 5.74) is 2.09. The maximum Gasteiger partial charge on any atom is 0.261 e. The maximum absolute atomic E-state index is 12.8. The fraction of sp³-hybridized carbons (Fsp3) is 0.158. The predicted molar refractivity (Wildman–Crippen MR) is 101 cm³/mol. The van der Waals surface area contributed by atoms with E-state index in [1.165, 1.54) is 19.2 Å². The molecule has 0 aliphatic rings. The molecule has 0 saturated carbocycles. The fourth-order valence-corrected chi connectivity index (χ4v) is 3.67. The Hall–Kier alpha value is -2.77. The second-order valence-electron chi connectivity index (χ2n) is 5.67. The Bertz CT molecular complexity index is 965. The molecule has 3 rings (SSSR count). The molecule has 26 heavy (non-hydrogen) atoms. The van der Waals surface area contributed by atoms with Crippen molar-refractivity contribution in [2.75, 3.05) is 18.9 Å². The van der Waals surface area contributed by atoms with E-state index >= 15 is 0 Å². The molecule has 0 spiro atoms. The zero-order valence-corrected chi connectivity index (χ0v) is 15.3. The van der Waals surface area contributed by atoms with Gasteiger partial charge in [0.2, 0.25) is 0 Å². The Labute approximate surface area is 152 Å². The second-order valence-corrected chi connectivity index (χ2v) is 7.35. The van der Waals surface area contributed by atoms with Crippen LogP contribution in [0.1, 0.15) is 5.56 Å². The Balaban J connectivity index is 1.99. The first-order valence-electron chi connectivity index (χ1n) is 8.02. The van der Waals surface area contributed by atoms with Crippen molar-refractivity contribution in [1.82, 2.24) is 5.32 Å². The van der Waals surface area contributed by atoms with Gasteiger partial charge in [-0.2, -0.15) is 0 Å². The molecular weight excluding hydrogens is 352 g/mol. The van der Waals surface area contributed by atoms with Gasteiger partial charge in [-0.15, -0.1) is 0 Å². The van der Waals surface area contributed by atoms with Crippen LogP contribution < -0.4 is 14.8 Å². The number of hydrogen-bond acceptors (Lipinski definition) is 5. The molecule has 0 amide bonds. The van der Waals surface area contributed by atoms with E-state index in [0.29, 0.717) is 29.3 Å². The Morgan fingerprint density at radius 3 is 2.46 bits per heavy atom. The fourth-order valence-electron chi connectivity index (χ4n) is 2.60. The van der Waals surface area contributed by atoms with Gasteiger partial charge in [0.1, 0.15) is 11.5 Å². The number of furan rings is 1. The molecular formula is C19H20N2O4S. The van der Waals surface area contributed by atoms with E-state index in [0.717, 1.165) is 5.56 Å². The van der Waals surface area contributed by atoms with Gasteiger partial charge in [-0.3, -0.25) is 4.72 Å². The normalized spacial score (nSPS) is 11.3. The molecule has 1 heterocycles. The first-order valence-corrected chi connectivity index (χ1v) is 9.50. The molecule has 6 nitrogen and oxygen atoms in total. The van der Waals surface area contributed by atoms with Crippen molar-refractivity contribution in [2.24, 2.45) is 0 Å². The average Bonchev–Trinajstić information content (AvgIpc) is 3.16. The van der Waals surface area contributed by atoms with E-state index in [-0.39, 0.29) is 4.90 Å². The summed E-state index contributed by atoms with van der Waals surface area (Å²) in [6, 6.07) is 15.4. The van der Waals surface area contributed by atoms with Crippen molar-refractivity contribution in [3.8, 4) is 17.1 Å². The summed E-state index contributed by atoms with van der Waals surface area (Å²) >= 11 is 0. The number of ether oxygens (including phenoxy) is 1. The molecule has 0 aliphatic heterocycles. The highest BCUT2D eigenvalue weighted by atomic mass is 32.2. The highest BCUT2D eigenvalue weighted by Gasteiger charge is 2.18. The highest BCUT2D eigenvalue weighted by molar-refractivity contribution is 7.92. The summed E-state index contributed by atoms with van der Waals surface area (Å²) in [4.78, 5) is 0.155. The Kier molecular flexibility index (Phi) is 5.29. The van der Waals surface area contributed by atoms with Crippen LogP contribution in [0.5, 0.6) is 5.75 Å². The van der Waals surface area contributed by atoms with E-state index < -0.39 is 10.0 Å². The van der Waals surface area contributed by atoms with Crippen LogP contribution >= 0.6 is 0 Å². The van der Waals surface area contributed by atoms with Crippen molar-refractivity contribution in [3.63, 3.8) is 0 Å². The number of rotatable bonds is 7. The van der Waals surface area contributed by atoms with Gasteiger partial charge in [0.25, 0.3) is 10.0 Å². The third kappa shape index (κ3) is 3.89. The minimum atomic E-state index is -3.75. The quantitative estimate of drug-likeness (QED) is 0.664. The van der Waals surface area contributed by atoms with Crippen LogP contribution in [0.4, 0.5) is 5.69 Å². The lowest BCUT2D eigenvalue weighted by Gasteiger charge is -2.14. The molecule has 0 radical (unpaired) electrons. The van der Waals surface area contributed by atoms with Crippen molar-refractivity contribution >= 4 is 15.7 Å². The van der Waals surface area contributed by atoms with E-state index in [1.54, 1.807) is 36.6 Å². The first kappa shape index (κ1) is 18.0. The van der Waals surface area contributed by atoms with Crippen LogP contribution in [0.25, 0.3) is 11.3 Å². The highest BCUT2D eigenvalue weighted by Crippen LogP contribution is 2.31. The summed E-state index contributed by atoms with van der Waals surface area (Å²) in [5.74, 6) is 1.18. The molecule has 2 N–H and O–H groups in total. The number of methoxy groups -OCH3 is 1. The van der Waals surface area contributed by atoms with Crippen molar-refractivity contribution in [2.45, 2.75) is 11.4 Å². The van der Waals surface area contributed by atoms with Crippen LogP contribution in [-0.2, 0) is 16.6 Å². The molecule has 7 heteroatoms. The average molecular weight is 372 g/mol. The number of hydrogen-bond donors (Lipinski definition) is 2.